The Morgan fingerprint density at radius 1 is 1.55 bits per heavy atom. The van der Waals surface area contributed by atoms with Gasteiger partial charge >= 0.3 is 5.97 Å². The zero-order valence-electron chi connectivity index (χ0n) is 10.5. The summed E-state index contributed by atoms with van der Waals surface area (Å²) in [5, 5.41) is 19.4. The van der Waals surface area contributed by atoms with E-state index in [4.69, 9.17) is 5.11 Å². The maximum absolute atomic E-state index is 12.3. The van der Waals surface area contributed by atoms with Crippen molar-refractivity contribution in [2.24, 2.45) is 0 Å². The molecule has 1 rings (SSSR count). The summed E-state index contributed by atoms with van der Waals surface area (Å²) in [7, 11) is 1.41. The molecule has 1 aromatic rings. The van der Waals surface area contributed by atoms with E-state index in [2.05, 4.69) is 0 Å². The Labute approximate surface area is 113 Å². The minimum Gasteiger partial charge on any atom is -0.478 e. The molecule has 0 radical (unpaired) electrons. The number of nitro benzene ring substituents is 1. The van der Waals surface area contributed by atoms with Crippen molar-refractivity contribution in [2.45, 2.75) is 6.43 Å². The molecule has 20 heavy (non-hydrogen) atoms. The highest BCUT2D eigenvalue weighted by atomic mass is 19.3. The molecule has 0 saturated carbocycles. The Morgan fingerprint density at radius 2 is 2.20 bits per heavy atom. The summed E-state index contributed by atoms with van der Waals surface area (Å²) < 4.78 is 24.6. The maximum Gasteiger partial charge on any atom is 0.328 e. The summed E-state index contributed by atoms with van der Waals surface area (Å²) in [6.45, 7) is -0.528. The number of alkyl halides is 2. The molecular formula is C12H12F2N2O4. The molecule has 0 spiro atoms. The fourth-order valence-electron chi connectivity index (χ4n) is 1.55. The molecule has 0 heterocycles. The van der Waals surface area contributed by atoms with E-state index in [-0.39, 0.29) is 11.3 Å². The minimum absolute atomic E-state index is 0.0380. The van der Waals surface area contributed by atoms with Gasteiger partial charge in [-0.15, -0.1) is 0 Å². The first-order valence-corrected chi connectivity index (χ1v) is 5.50. The Hall–Kier alpha value is -2.51. The molecule has 0 aromatic heterocycles. The minimum atomic E-state index is -2.55. The number of carboxylic acid groups (broad SMARTS) is 1. The third-order valence-electron chi connectivity index (χ3n) is 2.47. The van der Waals surface area contributed by atoms with Crippen LogP contribution in [0.5, 0.6) is 0 Å². The smallest absolute Gasteiger partial charge is 0.328 e. The van der Waals surface area contributed by atoms with Crippen LogP contribution in [0.25, 0.3) is 6.08 Å². The van der Waals surface area contributed by atoms with Crippen LogP contribution in [-0.4, -0.2) is 36.0 Å². The number of hydrogen-bond donors (Lipinski definition) is 1. The molecule has 1 N–H and O–H groups in total. The number of carboxylic acids is 1. The molecular weight excluding hydrogens is 274 g/mol. The van der Waals surface area contributed by atoms with Gasteiger partial charge < -0.3 is 10.0 Å². The molecule has 6 nitrogen and oxygen atoms in total. The third kappa shape index (κ3) is 4.30. The van der Waals surface area contributed by atoms with Gasteiger partial charge in [-0.25, -0.2) is 13.6 Å². The molecule has 1 aromatic carbocycles. The fourth-order valence-corrected chi connectivity index (χ4v) is 1.55. The number of carbonyl (C=O) groups is 1. The van der Waals surface area contributed by atoms with Gasteiger partial charge in [-0.05, 0) is 18.2 Å². The van der Waals surface area contributed by atoms with Crippen molar-refractivity contribution >= 4 is 23.4 Å². The van der Waals surface area contributed by atoms with Crippen LogP contribution in [0.3, 0.4) is 0 Å². The van der Waals surface area contributed by atoms with E-state index < -0.39 is 23.9 Å². The first-order valence-electron chi connectivity index (χ1n) is 5.50. The van der Waals surface area contributed by atoms with E-state index >= 15 is 0 Å². The van der Waals surface area contributed by atoms with Crippen LogP contribution in [0.2, 0.25) is 0 Å². The maximum atomic E-state index is 12.3. The molecule has 0 aliphatic carbocycles. The van der Waals surface area contributed by atoms with E-state index in [1.54, 1.807) is 0 Å². The SMILES string of the molecule is CN(CC(F)F)c1ccc([N+](=O)[O-])c(/C=C/C(=O)O)c1. The van der Waals surface area contributed by atoms with E-state index in [0.717, 1.165) is 18.2 Å². The van der Waals surface area contributed by atoms with Crippen LogP contribution in [0.4, 0.5) is 20.2 Å². The molecule has 0 bridgehead atoms. The number of nitrogens with zero attached hydrogens (tertiary/aromatic N) is 2. The van der Waals surface area contributed by atoms with Crippen LogP contribution in [0, 0.1) is 10.1 Å². The summed E-state index contributed by atoms with van der Waals surface area (Å²) in [6, 6.07) is 3.78. The first kappa shape index (κ1) is 15.5. The van der Waals surface area contributed by atoms with Gasteiger partial charge in [0.25, 0.3) is 12.1 Å². The number of benzene rings is 1. The second-order valence-electron chi connectivity index (χ2n) is 3.94. The lowest BCUT2D eigenvalue weighted by Crippen LogP contribution is -2.24. The first-order chi connectivity index (χ1) is 9.31. The van der Waals surface area contributed by atoms with Gasteiger partial charge in [0.2, 0.25) is 0 Å². The van der Waals surface area contributed by atoms with Crippen LogP contribution < -0.4 is 4.90 Å². The average Bonchev–Trinajstić information content (AvgIpc) is 2.34. The summed E-state index contributed by atoms with van der Waals surface area (Å²) >= 11 is 0. The Morgan fingerprint density at radius 3 is 2.70 bits per heavy atom. The number of aliphatic carboxylic acids is 1. The molecule has 0 saturated heterocycles. The molecule has 0 unspecified atom stereocenters. The van der Waals surface area contributed by atoms with Gasteiger partial charge in [-0.2, -0.15) is 0 Å². The zero-order valence-corrected chi connectivity index (χ0v) is 10.5. The van der Waals surface area contributed by atoms with Crippen molar-refractivity contribution in [1.29, 1.82) is 0 Å². The fraction of sp³-hybridized carbons (Fsp3) is 0.250. The highest BCUT2D eigenvalue weighted by molar-refractivity contribution is 5.86. The quantitative estimate of drug-likeness (QED) is 0.493. The lowest BCUT2D eigenvalue weighted by Gasteiger charge is -2.19. The topological polar surface area (TPSA) is 83.7 Å². The summed E-state index contributed by atoms with van der Waals surface area (Å²) in [5.74, 6) is -1.26. The van der Waals surface area contributed by atoms with E-state index in [9.17, 15) is 23.7 Å². The average molecular weight is 286 g/mol. The van der Waals surface area contributed by atoms with Crippen molar-refractivity contribution in [3.8, 4) is 0 Å². The van der Waals surface area contributed by atoms with Crippen LogP contribution >= 0.6 is 0 Å². The molecule has 0 amide bonds. The van der Waals surface area contributed by atoms with Gasteiger partial charge in [-0.1, -0.05) is 0 Å². The molecule has 0 atom stereocenters. The Kier molecular flexibility index (Phi) is 5.13. The van der Waals surface area contributed by atoms with E-state index in [1.807, 2.05) is 0 Å². The van der Waals surface area contributed by atoms with Crippen LogP contribution in [-0.2, 0) is 4.79 Å². The number of nitro groups is 1. The van der Waals surface area contributed by atoms with Gasteiger partial charge in [0, 0.05) is 24.9 Å². The van der Waals surface area contributed by atoms with E-state index in [0.29, 0.717) is 5.69 Å². The van der Waals surface area contributed by atoms with Crippen LogP contribution in [0.15, 0.2) is 24.3 Å². The predicted molar refractivity (Wildman–Crippen MR) is 69.0 cm³/mol. The summed E-state index contributed by atoms with van der Waals surface area (Å²) in [5.41, 5.74) is 0.0775. The monoisotopic (exact) mass is 286 g/mol. The summed E-state index contributed by atoms with van der Waals surface area (Å²) in [4.78, 5) is 21.8. The highest BCUT2D eigenvalue weighted by Gasteiger charge is 2.15. The van der Waals surface area contributed by atoms with Crippen molar-refractivity contribution < 1.29 is 23.6 Å². The molecule has 108 valence electrons. The van der Waals surface area contributed by atoms with Gasteiger partial charge in [0.1, 0.15) is 0 Å². The van der Waals surface area contributed by atoms with E-state index in [1.165, 1.54) is 24.1 Å². The largest absolute Gasteiger partial charge is 0.478 e. The third-order valence-corrected chi connectivity index (χ3v) is 2.47. The van der Waals surface area contributed by atoms with Crippen molar-refractivity contribution in [1.82, 2.24) is 0 Å². The number of rotatable bonds is 6. The normalized spacial score (nSPS) is 11.0. The second-order valence-corrected chi connectivity index (χ2v) is 3.94. The Balaban J connectivity index is 3.16. The van der Waals surface area contributed by atoms with Crippen molar-refractivity contribution in [3.05, 3.63) is 40.0 Å². The Bertz CT molecular complexity index is 546. The molecule has 0 aliphatic rings. The molecule has 0 aliphatic heterocycles. The van der Waals surface area contributed by atoms with Crippen molar-refractivity contribution in [2.75, 3.05) is 18.5 Å². The standard InChI is InChI=1S/C12H12F2N2O4/c1-15(7-11(13)14)9-3-4-10(16(19)20)8(6-9)2-5-12(17)18/h2-6,11H,7H2,1H3,(H,17,18)/b5-2+. The van der Waals surface area contributed by atoms with Gasteiger partial charge in [0.05, 0.1) is 17.0 Å². The van der Waals surface area contributed by atoms with Crippen LogP contribution in [0.1, 0.15) is 5.56 Å². The highest BCUT2D eigenvalue weighted by Crippen LogP contribution is 2.26. The second kappa shape index (κ2) is 6.60. The lowest BCUT2D eigenvalue weighted by molar-refractivity contribution is -0.385. The van der Waals surface area contributed by atoms with Gasteiger partial charge in [-0.3, -0.25) is 10.1 Å². The lowest BCUT2D eigenvalue weighted by atomic mass is 10.1. The summed E-state index contributed by atoms with van der Waals surface area (Å²) in [6.07, 6.45) is -0.743. The number of anilines is 1. The number of hydrogen-bond acceptors (Lipinski definition) is 4. The predicted octanol–water partition coefficient (Wildman–Crippen LogP) is 2.39. The van der Waals surface area contributed by atoms with Crippen molar-refractivity contribution in [3.63, 3.8) is 0 Å². The molecule has 8 heteroatoms. The number of halogens is 2. The van der Waals surface area contributed by atoms with Gasteiger partial charge in [0.15, 0.2) is 0 Å². The zero-order chi connectivity index (χ0) is 15.3. The molecule has 0 fully saturated rings.